The minimum absolute atomic E-state index is 0.0663. The number of aryl methyl sites for hydroxylation is 1. The standard InChI is InChI=1S/C25H30N2O2/c1-6-28-19(3)24-26-16-15-22(27-24)17-29-23-13-11-21(12-14-23)25(4,5)20-9-7-18(2)8-10-20/h7-16,19H,6,17H2,1-5H3. The van der Waals surface area contributed by atoms with Crippen molar-refractivity contribution in [1.29, 1.82) is 0 Å². The Hall–Kier alpha value is -2.72. The molecule has 0 aliphatic carbocycles. The number of rotatable bonds is 8. The van der Waals surface area contributed by atoms with Crippen LogP contribution in [0.2, 0.25) is 0 Å². The van der Waals surface area contributed by atoms with Crippen molar-refractivity contribution in [2.45, 2.75) is 52.7 Å². The molecule has 0 bridgehead atoms. The van der Waals surface area contributed by atoms with E-state index in [0.29, 0.717) is 19.0 Å². The normalized spacial score (nSPS) is 12.6. The van der Waals surface area contributed by atoms with Crippen LogP contribution in [0.4, 0.5) is 0 Å². The molecule has 0 saturated carbocycles. The van der Waals surface area contributed by atoms with Crippen molar-refractivity contribution >= 4 is 0 Å². The number of aromatic nitrogens is 2. The van der Waals surface area contributed by atoms with Gasteiger partial charge in [0, 0.05) is 18.2 Å². The maximum absolute atomic E-state index is 5.94. The highest BCUT2D eigenvalue weighted by Crippen LogP contribution is 2.32. The van der Waals surface area contributed by atoms with Crippen LogP contribution in [0.1, 0.15) is 62.0 Å². The van der Waals surface area contributed by atoms with Crippen molar-refractivity contribution in [3.05, 3.63) is 89.0 Å². The molecule has 0 aliphatic heterocycles. The molecule has 4 heteroatoms. The van der Waals surface area contributed by atoms with Crippen LogP contribution in [0.15, 0.2) is 60.8 Å². The van der Waals surface area contributed by atoms with Crippen molar-refractivity contribution in [2.75, 3.05) is 6.61 Å². The second-order valence-corrected chi connectivity index (χ2v) is 7.81. The monoisotopic (exact) mass is 390 g/mol. The Labute approximate surface area is 173 Å². The molecule has 0 spiro atoms. The van der Waals surface area contributed by atoms with E-state index in [4.69, 9.17) is 9.47 Å². The van der Waals surface area contributed by atoms with E-state index in [1.165, 1.54) is 16.7 Å². The van der Waals surface area contributed by atoms with Gasteiger partial charge in [0.15, 0.2) is 5.82 Å². The Kier molecular flexibility index (Phi) is 6.65. The van der Waals surface area contributed by atoms with Gasteiger partial charge in [-0.1, -0.05) is 55.8 Å². The largest absolute Gasteiger partial charge is 0.487 e. The second-order valence-electron chi connectivity index (χ2n) is 7.81. The number of ether oxygens (including phenoxy) is 2. The minimum atomic E-state index is -0.122. The summed E-state index contributed by atoms with van der Waals surface area (Å²) < 4.78 is 11.5. The fraction of sp³-hybridized carbons (Fsp3) is 0.360. The lowest BCUT2D eigenvalue weighted by Gasteiger charge is -2.26. The van der Waals surface area contributed by atoms with E-state index in [0.717, 1.165) is 11.4 Å². The summed E-state index contributed by atoms with van der Waals surface area (Å²) in [5.74, 6) is 1.51. The third kappa shape index (κ3) is 5.21. The van der Waals surface area contributed by atoms with Crippen molar-refractivity contribution in [1.82, 2.24) is 9.97 Å². The lowest BCUT2D eigenvalue weighted by atomic mass is 9.78. The molecule has 0 fully saturated rings. The first kappa shape index (κ1) is 21.0. The molecule has 0 aliphatic rings. The molecule has 29 heavy (non-hydrogen) atoms. The van der Waals surface area contributed by atoms with Crippen LogP contribution in [-0.2, 0) is 16.8 Å². The van der Waals surface area contributed by atoms with E-state index < -0.39 is 0 Å². The number of hydrogen-bond donors (Lipinski definition) is 0. The van der Waals surface area contributed by atoms with Crippen LogP contribution >= 0.6 is 0 Å². The average molecular weight is 391 g/mol. The van der Waals surface area contributed by atoms with Crippen LogP contribution in [0.5, 0.6) is 5.75 Å². The molecule has 1 heterocycles. The van der Waals surface area contributed by atoms with Gasteiger partial charge in [0.1, 0.15) is 18.5 Å². The van der Waals surface area contributed by atoms with Crippen LogP contribution in [0, 0.1) is 6.92 Å². The van der Waals surface area contributed by atoms with Gasteiger partial charge in [0.2, 0.25) is 0 Å². The molecule has 3 rings (SSSR count). The first-order valence-electron chi connectivity index (χ1n) is 10.1. The van der Waals surface area contributed by atoms with E-state index in [2.05, 4.69) is 67.1 Å². The number of hydrogen-bond acceptors (Lipinski definition) is 4. The highest BCUT2D eigenvalue weighted by Gasteiger charge is 2.22. The SMILES string of the molecule is CCOC(C)c1nccc(COc2ccc(C(C)(C)c3ccc(C)cc3)cc2)n1. The van der Waals surface area contributed by atoms with Gasteiger partial charge in [-0.15, -0.1) is 0 Å². The molecule has 0 saturated heterocycles. The molecule has 4 nitrogen and oxygen atoms in total. The summed E-state index contributed by atoms with van der Waals surface area (Å²) in [6.07, 6.45) is 1.63. The number of benzene rings is 2. The van der Waals surface area contributed by atoms with Crippen LogP contribution in [-0.4, -0.2) is 16.6 Å². The van der Waals surface area contributed by atoms with Crippen molar-refractivity contribution in [3.8, 4) is 5.75 Å². The van der Waals surface area contributed by atoms with Crippen molar-refractivity contribution in [3.63, 3.8) is 0 Å². The summed E-state index contributed by atoms with van der Waals surface area (Å²) in [6.45, 7) is 11.6. The van der Waals surface area contributed by atoms with Crippen molar-refractivity contribution in [2.24, 2.45) is 0 Å². The fourth-order valence-corrected chi connectivity index (χ4v) is 3.28. The quantitative estimate of drug-likeness (QED) is 0.488. The summed E-state index contributed by atoms with van der Waals surface area (Å²) in [5, 5.41) is 0. The highest BCUT2D eigenvalue weighted by atomic mass is 16.5. The highest BCUT2D eigenvalue weighted by molar-refractivity contribution is 5.40. The van der Waals surface area contributed by atoms with Crippen molar-refractivity contribution < 1.29 is 9.47 Å². The van der Waals surface area contributed by atoms with Gasteiger partial charge in [0.25, 0.3) is 0 Å². The van der Waals surface area contributed by atoms with Gasteiger partial charge >= 0.3 is 0 Å². The van der Waals surface area contributed by atoms with Crippen LogP contribution in [0.3, 0.4) is 0 Å². The second kappa shape index (κ2) is 9.19. The first-order valence-corrected chi connectivity index (χ1v) is 10.1. The predicted molar refractivity (Wildman–Crippen MR) is 116 cm³/mol. The van der Waals surface area contributed by atoms with E-state index in [-0.39, 0.29) is 11.5 Å². The summed E-state index contributed by atoms with van der Waals surface area (Å²) in [4.78, 5) is 8.84. The zero-order valence-corrected chi connectivity index (χ0v) is 18.0. The van der Waals surface area contributed by atoms with Gasteiger partial charge < -0.3 is 9.47 Å². The van der Waals surface area contributed by atoms with Gasteiger partial charge in [0.05, 0.1) is 5.69 Å². The van der Waals surface area contributed by atoms with E-state index in [1.807, 2.05) is 32.0 Å². The summed E-state index contributed by atoms with van der Waals surface area (Å²) in [7, 11) is 0. The smallest absolute Gasteiger partial charge is 0.157 e. The average Bonchev–Trinajstić information content (AvgIpc) is 2.73. The maximum atomic E-state index is 5.94. The van der Waals surface area contributed by atoms with E-state index in [9.17, 15) is 0 Å². The molecule has 0 N–H and O–H groups in total. The Morgan fingerprint density at radius 2 is 1.55 bits per heavy atom. The Morgan fingerprint density at radius 1 is 0.931 bits per heavy atom. The molecular weight excluding hydrogens is 360 g/mol. The predicted octanol–water partition coefficient (Wildman–Crippen LogP) is 5.79. The van der Waals surface area contributed by atoms with Crippen LogP contribution in [0.25, 0.3) is 0 Å². The molecular formula is C25H30N2O2. The summed E-state index contributed by atoms with van der Waals surface area (Å²) >= 11 is 0. The van der Waals surface area contributed by atoms with Gasteiger partial charge in [-0.2, -0.15) is 0 Å². The molecule has 152 valence electrons. The molecule has 1 aromatic heterocycles. The van der Waals surface area contributed by atoms with E-state index >= 15 is 0 Å². The van der Waals surface area contributed by atoms with Gasteiger partial charge in [-0.25, -0.2) is 9.97 Å². The first-order chi connectivity index (χ1) is 13.9. The van der Waals surface area contributed by atoms with Crippen LogP contribution < -0.4 is 4.74 Å². The summed E-state index contributed by atoms with van der Waals surface area (Å²) in [6, 6.07) is 18.9. The zero-order chi connectivity index (χ0) is 20.9. The van der Waals surface area contributed by atoms with Gasteiger partial charge in [-0.3, -0.25) is 0 Å². The maximum Gasteiger partial charge on any atom is 0.157 e. The number of nitrogens with zero attached hydrogens (tertiary/aromatic N) is 2. The third-order valence-electron chi connectivity index (χ3n) is 5.25. The lowest BCUT2D eigenvalue weighted by molar-refractivity contribution is 0.0697. The molecule has 0 amide bonds. The Balaban J connectivity index is 1.67. The third-order valence-corrected chi connectivity index (χ3v) is 5.25. The summed E-state index contributed by atoms with van der Waals surface area (Å²) in [5.41, 5.74) is 4.60. The van der Waals surface area contributed by atoms with E-state index in [1.54, 1.807) is 6.20 Å². The van der Waals surface area contributed by atoms with Gasteiger partial charge in [-0.05, 0) is 50.1 Å². The zero-order valence-electron chi connectivity index (χ0n) is 18.0. The minimum Gasteiger partial charge on any atom is -0.487 e. The molecule has 2 aromatic carbocycles. The Morgan fingerprint density at radius 3 is 2.17 bits per heavy atom. The molecule has 0 radical (unpaired) electrons. The molecule has 1 unspecified atom stereocenters. The topological polar surface area (TPSA) is 44.2 Å². The fourth-order valence-electron chi connectivity index (χ4n) is 3.28. The molecule has 1 atom stereocenters. The lowest BCUT2D eigenvalue weighted by Crippen LogP contribution is -2.18. The Bertz CT molecular complexity index is 918. The molecule has 3 aromatic rings.